The van der Waals surface area contributed by atoms with Crippen LogP contribution in [0.5, 0.6) is 0 Å². The van der Waals surface area contributed by atoms with Crippen molar-refractivity contribution in [2.75, 3.05) is 18.5 Å². The Labute approximate surface area is 166 Å². The second-order valence-electron chi connectivity index (χ2n) is 5.55. The van der Waals surface area contributed by atoms with E-state index in [1.165, 1.54) is 23.1 Å². The maximum atomic E-state index is 12.0. The number of ether oxygens (including phenoxy) is 2. The second kappa shape index (κ2) is 11.7. The lowest BCUT2D eigenvalue weighted by Crippen LogP contribution is -2.20. The molecule has 1 N–H and O–H groups in total. The lowest BCUT2D eigenvalue weighted by atomic mass is 10.2. The van der Waals surface area contributed by atoms with Gasteiger partial charge < -0.3 is 9.47 Å². The van der Waals surface area contributed by atoms with Crippen molar-refractivity contribution >= 4 is 40.1 Å². The van der Waals surface area contributed by atoms with Crippen LogP contribution >= 0.6 is 23.1 Å². The quantitative estimate of drug-likeness (QED) is 0.345. The van der Waals surface area contributed by atoms with Crippen LogP contribution in [0, 0.1) is 0 Å². The van der Waals surface area contributed by atoms with Gasteiger partial charge in [0.1, 0.15) is 11.9 Å². The molecule has 0 saturated carbocycles. The summed E-state index contributed by atoms with van der Waals surface area (Å²) >= 11 is 2.54. The van der Waals surface area contributed by atoms with Crippen molar-refractivity contribution in [1.29, 1.82) is 0 Å². The normalized spacial score (nSPS) is 11.8. The molecule has 1 amide bonds. The fraction of sp³-hybridized carbons (Fsp3) is 0.444. The third kappa shape index (κ3) is 7.66. The number of thioether (sulfide) groups is 1. The molecule has 0 saturated heterocycles. The van der Waals surface area contributed by atoms with E-state index in [1.54, 1.807) is 6.92 Å². The largest absolute Gasteiger partial charge is 0.465 e. The van der Waals surface area contributed by atoms with E-state index in [0.717, 1.165) is 12.0 Å². The van der Waals surface area contributed by atoms with Crippen LogP contribution in [-0.2, 0) is 25.7 Å². The van der Waals surface area contributed by atoms with Crippen molar-refractivity contribution in [3.8, 4) is 0 Å². The number of benzene rings is 1. The maximum absolute atomic E-state index is 12.0. The summed E-state index contributed by atoms with van der Waals surface area (Å²) in [4.78, 5) is 23.9. The number of rotatable bonds is 11. The predicted molar refractivity (Wildman–Crippen MR) is 106 cm³/mol. The highest BCUT2D eigenvalue weighted by molar-refractivity contribution is 8.02. The molecule has 7 nitrogen and oxygen atoms in total. The van der Waals surface area contributed by atoms with Crippen LogP contribution in [0.3, 0.4) is 0 Å². The Hall–Kier alpha value is -1.97. The molecule has 0 unspecified atom stereocenters. The van der Waals surface area contributed by atoms with Gasteiger partial charge in [0.05, 0.1) is 13.2 Å². The Kier molecular flexibility index (Phi) is 9.23. The first-order valence-electron chi connectivity index (χ1n) is 8.70. The van der Waals surface area contributed by atoms with E-state index in [0.29, 0.717) is 29.1 Å². The van der Waals surface area contributed by atoms with E-state index in [1.807, 2.05) is 37.3 Å². The zero-order chi connectivity index (χ0) is 19.5. The molecule has 1 aromatic carbocycles. The van der Waals surface area contributed by atoms with Gasteiger partial charge in [0, 0.05) is 0 Å². The zero-order valence-corrected chi connectivity index (χ0v) is 17.0. The van der Waals surface area contributed by atoms with Crippen LogP contribution in [0.25, 0.3) is 0 Å². The molecule has 0 aliphatic carbocycles. The van der Waals surface area contributed by atoms with E-state index in [2.05, 4.69) is 15.5 Å². The average molecular weight is 410 g/mol. The number of nitrogens with one attached hydrogen (secondary N) is 1. The van der Waals surface area contributed by atoms with Gasteiger partial charge in [-0.05, 0) is 18.9 Å². The van der Waals surface area contributed by atoms with E-state index in [4.69, 9.17) is 9.47 Å². The molecule has 2 aromatic rings. The summed E-state index contributed by atoms with van der Waals surface area (Å²) in [6, 6.07) is 9.63. The first-order valence-corrected chi connectivity index (χ1v) is 10.4. The molecule has 0 fully saturated rings. The maximum Gasteiger partial charge on any atom is 0.319 e. The zero-order valence-electron chi connectivity index (χ0n) is 15.3. The summed E-state index contributed by atoms with van der Waals surface area (Å²) in [6.45, 7) is 4.43. The number of carbonyl (C=O) groups excluding carboxylic acids is 2. The lowest BCUT2D eigenvalue weighted by Gasteiger charge is -2.11. The monoisotopic (exact) mass is 409 g/mol. The molecule has 0 bridgehead atoms. The molecule has 0 aliphatic rings. The summed E-state index contributed by atoms with van der Waals surface area (Å²) in [6.07, 6.45) is 1.55. The average Bonchev–Trinajstić information content (AvgIpc) is 3.09. The van der Waals surface area contributed by atoms with Crippen molar-refractivity contribution in [2.24, 2.45) is 0 Å². The van der Waals surface area contributed by atoms with E-state index in [9.17, 15) is 9.59 Å². The number of carbonyl (C=O) groups is 2. The van der Waals surface area contributed by atoms with Gasteiger partial charge in [-0.3, -0.25) is 14.9 Å². The van der Waals surface area contributed by atoms with E-state index >= 15 is 0 Å². The van der Waals surface area contributed by atoms with Crippen LogP contribution in [0.4, 0.5) is 5.13 Å². The van der Waals surface area contributed by atoms with Crippen LogP contribution < -0.4 is 5.32 Å². The molecule has 0 spiro atoms. The van der Waals surface area contributed by atoms with Crippen molar-refractivity contribution < 1.29 is 19.1 Å². The first-order chi connectivity index (χ1) is 13.1. The van der Waals surface area contributed by atoms with Crippen molar-refractivity contribution in [1.82, 2.24) is 10.2 Å². The smallest absolute Gasteiger partial charge is 0.319 e. The minimum atomic E-state index is -0.319. The van der Waals surface area contributed by atoms with Gasteiger partial charge in [-0.2, -0.15) is 0 Å². The Morgan fingerprint density at radius 2 is 2.00 bits per heavy atom. The standard InChI is InChI=1S/C18H23N3O4S2/c1-3-8-14(16(23)25-4-2)26-18-21-20-17(27-18)19-15(22)12-24-11-13-9-6-5-7-10-13/h5-7,9-10,14H,3-4,8,11-12H2,1-2H3,(H,19,20,22)/t14-/m0/s1. The molecular weight excluding hydrogens is 386 g/mol. The van der Waals surface area contributed by atoms with Crippen LogP contribution in [0.2, 0.25) is 0 Å². The number of esters is 1. The van der Waals surface area contributed by atoms with E-state index in [-0.39, 0.29) is 23.7 Å². The van der Waals surface area contributed by atoms with Crippen molar-refractivity contribution in [3.63, 3.8) is 0 Å². The minimum Gasteiger partial charge on any atom is -0.465 e. The van der Waals surface area contributed by atoms with Crippen molar-refractivity contribution in [2.45, 2.75) is 42.9 Å². The summed E-state index contributed by atoms with van der Waals surface area (Å²) in [5.41, 5.74) is 1.00. The highest BCUT2D eigenvalue weighted by Crippen LogP contribution is 2.31. The number of anilines is 1. The third-order valence-corrected chi connectivity index (χ3v) is 5.51. The van der Waals surface area contributed by atoms with Gasteiger partial charge in [-0.25, -0.2) is 0 Å². The van der Waals surface area contributed by atoms with Gasteiger partial charge in [0.2, 0.25) is 5.13 Å². The first kappa shape index (κ1) is 21.3. The molecule has 1 aromatic heterocycles. The lowest BCUT2D eigenvalue weighted by molar-refractivity contribution is -0.142. The number of amides is 1. The Bertz CT molecular complexity index is 724. The molecule has 146 valence electrons. The Morgan fingerprint density at radius 3 is 2.70 bits per heavy atom. The summed E-state index contributed by atoms with van der Waals surface area (Å²) in [5.74, 6) is -0.548. The summed E-state index contributed by atoms with van der Waals surface area (Å²) in [5, 5.41) is 10.7. The van der Waals surface area contributed by atoms with Gasteiger partial charge >= 0.3 is 5.97 Å². The third-order valence-electron chi connectivity index (χ3n) is 3.34. The minimum absolute atomic E-state index is 0.0712. The number of nitrogens with zero attached hydrogens (tertiary/aromatic N) is 2. The van der Waals surface area contributed by atoms with Gasteiger partial charge in [0.25, 0.3) is 5.91 Å². The predicted octanol–water partition coefficient (Wildman–Crippen LogP) is 3.52. The SMILES string of the molecule is CCC[C@H](Sc1nnc(NC(=O)COCc2ccccc2)s1)C(=O)OCC. The second-order valence-corrected chi connectivity index (χ2v) is 7.97. The molecular formula is C18H23N3O4S2. The summed E-state index contributed by atoms with van der Waals surface area (Å²) in [7, 11) is 0. The highest BCUT2D eigenvalue weighted by atomic mass is 32.2. The molecule has 0 radical (unpaired) electrons. The highest BCUT2D eigenvalue weighted by Gasteiger charge is 2.22. The van der Waals surface area contributed by atoms with E-state index < -0.39 is 0 Å². The molecule has 1 heterocycles. The summed E-state index contributed by atoms with van der Waals surface area (Å²) < 4.78 is 11.1. The Morgan fingerprint density at radius 1 is 1.22 bits per heavy atom. The molecule has 1 atom stereocenters. The number of hydrogen-bond donors (Lipinski definition) is 1. The molecule has 9 heteroatoms. The van der Waals surface area contributed by atoms with Crippen LogP contribution in [-0.4, -0.2) is 40.5 Å². The fourth-order valence-corrected chi connectivity index (χ4v) is 4.26. The van der Waals surface area contributed by atoms with Crippen LogP contribution in [0.1, 0.15) is 32.3 Å². The fourth-order valence-electron chi connectivity index (χ4n) is 2.14. The van der Waals surface area contributed by atoms with Gasteiger partial charge in [0.15, 0.2) is 4.34 Å². The molecule has 2 rings (SSSR count). The van der Waals surface area contributed by atoms with Crippen LogP contribution in [0.15, 0.2) is 34.7 Å². The Balaban J connectivity index is 1.80. The van der Waals surface area contributed by atoms with Crippen molar-refractivity contribution in [3.05, 3.63) is 35.9 Å². The number of hydrogen-bond acceptors (Lipinski definition) is 8. The van der Waals surface area contributed by atoms with Gasteiger partial charge in [-0.1, -0.05) is 66.8 Å². The molecule has 27 heavy (non-hydrogen) atoms. The topological polar surface area (TPSA) is 90.4 Å². The molecule has 0 aliphatic heterocycles. The number of aromatic nitrogens is 2. The van der Waals surface area contributed by atoms with Gasteiger partial charge in [-0.15, -0.1) is 10.2 Å².